The second kappa shape index (κ2) is 5.06. The Labute approximate surface area is 108 Å². The first kappa shape index (κ1) is 12.4. The Balaban J connectivity index is 2.28. The lowest BCUT2D eigenvalue weighted by Gasteiger charge is -2.08. The third-order valence-corrected chi connectivity index (χ3v) is 2.70. The minimum atomic E-state index is -0.744. The molecule has 1 amide bonds. The molecular formula is C13H10ClFN2O. The minimum Gasteiger partial charge on any atom is -0.397 e. The lowest BCUT2D eigenvalue weighted by molar-refractivity contribution is 0.102. The van der Waals surface area contributed by atoms with Crippen LogP contribution in [0.2, 0.25) is 5.02 Å². The third kappa shape index (κ3) is 2.43. The molecule has 0 unspecified atom stereocenters. The van der Waals surface area contributed by atoms with Crippen LogP contribution in [0.3, 0.4) is 0 Å². The zero-order valence-corrected chi connectivity index (χ0v) is 10.0. The second-order valence-electron chi connectivity index (χ2n) is 3.64. The summed E-state index contributed by atoms with van der Waals surface area (Å²) in [6.07, 6.45) is 0. The number of nitrogens with one attached hydrogen (secondary N) is 1. The molecule has 18 heavy (non-hydrogen) atoms. The molecule has 0 saturated carbocycles. The predicted octanol–water partition coefficient (Wildman–Crippen LogP) is 3.31. The Hall–Kier alpha value is -2.07. The van der Waals surface area contributed by atoms with E-state index < -0.39 is 11.7 Å². The predicted molar refractivity (Wildman–Crippen MR) is 70.2 cm³/mol. The number of rotatable bonds is 2. The van der Waals surface area contributed by atoms with Crippen LogP contribution >= 0.6 is 11.6 Å². The average molecular weight is 265 g/mol. The van der Waals surface area contributed by atoms with Gasteiger partial charge in [-0.3, -0.25) is 4.79 Å². The van der Waals surface area contributed by atoms with Gasteiger partial charge in [-0.2, -0.15) is 0 Å². The van der Waals surface area contributed by atoms with Gasteiger partial charge < -0.3 is 11.1 Å². The molecule has 3 nitrogen and oxygen atoms in total. The van der Waals surface area contributed by atoms with Crippen molar-refractivity contribution in [2.24, 2.45) is 0 Å². The molecule has 0 aliphatic carbocycles. The first-order valence-electron chi connectivity index (χ1n) is 5.19. The van der Waals surface area contributed by atoms with E-state index in [1.165, 1.54) is 18.2 Å². The Kier molecular flexibility index (Phi) is 3.48. The molecule has 0 heterocycles. The topological polar surface area (TPSA) is 55.1 Å². The summed E-state index contributed by atoms with van der Waals surface area (Å²) in [5.41, 5.74) is 6.40. The van der Waals surface area contributed by atoms with Crippen molar-refractivity contribution >= 4 is 28.9 Å². The van der Waals surface area contributed by atoms with Crippen LogP contribution in [0.25, 0.3) is 0 Å². The number of amides is 1. The van der Waals surface area contributed by atoms with E-state index in [0.29, 0.717) is 11.4 Å². The lowest BCUT2D eigenvalue weighted by atomic mass is 10.2. The SMILES string of the molecule is Nc1ccccc1NC(=O)c1cccc(Cl)c1F. The van der Waals surface area contributed by atoms with Crippen LogP contribution in [0.1, 0.15) is 10.4 Å². The molecule has 3 N–H and O–H groups in total. The van der Waals surface area contributed by atoms with Crippen molar-refractivity contribution in [3.8, 4) is 0 Å². The van der Waals surface area contributed by atoms with E-state index in [4.69, 9.17) is 17.3 Å². The van der Waals surface area contributed by atoms with Crippen LogP contribution in [-0.4, -0.2) is 5.91 Å². The molecule has 0 aliphatic rings. The van der Waals surface area contributed by atoms with Gasteiger partial charge in [-0.1, -0.05) is 29.8 Å². The summed E-state index contributed by atoms with van der Waals surface area (Å²) in [5.74, 6) is -1.33. The van der Waals surface area contributed by atoms with Crippen LogP contribution < -0.4 is 11.1 Å². The quantitative estimate of drug-likeness (QED) is 0.818. The number of halogens is 2. The Morgan fingerprint density at radius 3 is 2.61 bits per heavy atom. The van der Waals surface area contributed by atoms with Crippen molar-refractivity contribution in [1.29, 1.82) is 0 Å². The number of carbonyl (C=O) groups is 1. The molecule has 2 aromatic carbocycles. The zero-order chi connectivity index (χ0) is 13.1. The van der Waals surface area contributed by atoms with Gasteiger partial charge in [0.2, 0.25) is 0 Å². The second-order valence-corrected chi connectivity index (χ2v) is 4.05. The third-order valence-electron chi connectivity index (χ3n) is 2.41. The number of hydrogen-bond acceptors (Lipinski definition) is 2. The monoisotopic (exact) mass is 264 g/mol. The molecular weight excluding hydrogens is 255 g/mol. The number of hydrogen-bond donors (Lipinski definition) is 2. The Morgan fingerprint density at radius 2 is 1.89 bits per heavy atom. The van der Waals surface area contributed by atoms with Crippen molar-refractivity contribution in [2.45, 2.75) is 0 Å². The maximum atomic E-state index is 13.6. The maximum Gasteiger partial charge on any atom is 0.258 e. The van der Waals surface area contributed by atoms with Gasteiger partial charge in [0.1, 0.15) is 0 Å². The number of benzene rings is 2. The van der Waals surface area contributed by atoms with E-state index in [1.807, 2.05) is 0 Å². The number of para-hydroxylation sites is 2. The highest BCUT2D eigenvalue weighted by atomic mass is 35.5. The van der Waals surface area contributed by atoms with Crippen LogP contribution in [0.5, 0.6) is 0 Å². The number of nitrogens with two attached hydrogens (primary N) is 1. The smallest absolute Gasteiger partial charge is 0.258 e. The summed E-state index contributed by atoms with van der Waals surface area (Å²) >= 11 is 5.61. The molecule has 0 radical (unpaired) electrons. The van der Waals surface area contributed by atoms with Crippen molar-refractivity contribution in [3.05, 3.63) is 58.9 Å². The Bertz CT molecular complexity index is 601. The van der Waals surface area contributed by atoms with Crippen LogP contribution in [0.15, 0.2) is 42.5 Å². The molecule has 0 aliphatic heterocycles. The molecule has 0 atom stereocenters. The summed E-state index contributed by atoms with van der Waals surface area (Å²) in [4.78, 5) is 11.9. The number of anilines is 2. The van der Waals surface area contributed by atoms with E-state index >= 15 is 0 Å². The molecule has 0 fully saturated rings. The fourth-order valence-electron chi connectivity index (χ4n) is 1.48. The number of carbonyl (C=O) groups excluding carboxylic acids is 1. The molecule has 5 heteroatoms. The minimum absolute atomic E-state index is 0.0938. The van der Waals surface area contributed by atoms with Crippen molar-refractivity contribution in [1.82, 2.24) is 0 Å². The first-order chi connectivity index (χ1) is 8.59. The van der Waals surface area contributed by atoms with Gasteiger partial charge in [-0.15, -0.1) is 0 Å². The van der Waals surface area contributed by atoms with Crippen molar-refractivity contribution in [3.63, 3.8) is 0 Å². The van der Waals surface area contributed by atoms with Gasteiger partial charge in [0.15, 0.2) is 5.82 Å². The molecule has 92 valence electrons. The standard InChI is InChI=1S/C13H10ClFN2O/c14-9-5-3-4-8(12(9)15)13(18)17-11-7-2-1-6-10(11)16/h1-7H,16H2,(H,17,18). The van der Waals surface area contributed by atoms with Gasteiger partial charge in [0, 0.05) is 0 Å². The van der Waals surface area contributed by atoms with Crippen LogP contribution in [0.4, 0.5) is 15.8 Å². The zero-order valence-electron chi connectivity index (χ0n) is 9.28. The van der Waals surface area contributed by atoms with Gasteiger partial charge >= 0.3 is 0 Å². The van der Waals surface area contributed by atoms with E-state index in [-0.39, 0.29) is 10.6 Å². The van der Waals surface area contributed by atoms with Gasteiger partial charge in [0.25, 0.3) is 5.91 Å². The summed E-state index contributed by atoms with van der Waals surface area (Å²) in [7, 11) is 0. The number of nitrogen functional groups attached to an aromatic ring is 1. The molecule has 0 bridgehead atoms. The molecule has 0 saturated heterocycles. The molecule has 2 rings (SSSR count). The van der Waals surface area contributed by atoms with Crippen molar-refractivity contribution in [2.75, 3.05) is 11.1 Å². The summed E-state index contributed by atoms with van der Waals surface area (Å²) in [6.45, 7) is 0. The molecule has 0 spiro atoms. The summed E-state index contributed by atoms with van der Waals surface area (Å²) in [6, 6.07) is 11.0. The maximum absolute atomic E-state index is 13.6. The van der Waals surface area contributed by atoms with E-state index in [2.05, 4.69) is 5.32 Å². The highest BCUT2D eigenvalue weighted by molar-refractivity contribution is 6.31. The largest absolute Gasteiger partial charge is 0.397 e. The highest BCUT2D eigenvalue weighted by Gasteiger charge is 2.14. The first-order valence-corrected chi connectivity index (χ1v) is 5.57. The van der Waals surface area contributed by atoms with E-state index in [0.717, 1.165) is 0 Å². The summed E-state index contributed by atoms with van der Waals surface area (Å²) < 4.78 is 13.6. The van der Waals surface area contributed by atoms with Crippen LogP contribution in [-0.2, 0) is 0 Å². The summed E-state index contributed by atoms with van der Waals surface area (Å²) in [5, 5.41) is 2.44. The fourth-order valence-corrected chi connectivity index (χ4v) is 1.65. The van der Waals surface area contributed by atoms with Gasteiger partial charge in [-0.05, 0) is 24.3 Å². The normalized spacial score (nSPS) is 10.1. The Morgan fingerprint density at radius 1 is 1.17 bits per heavy atom. The highest BCUT2D eigenvalue weighted by Crippen LogP contribution is 2.21. The average Bonchev–Trinajstić information content (AvgIpc) is 2.35. The van der Waals surface area contributed by atoms with Gasteiger partial charge in [-0.25, -0.2) is 4.39 Å². The van der Waals surface area contributed by atoms with E-state index in [9.17, 15) is 9.18 Å². The molecule has 2 aromatic rings. The van der Waals surface area contributed by atoms with Crippen LogP contribution in [0, 0.1) is 5.82 Å². The van der Waals surface area contributed by atoms with E-state index in [1.54, 1.807) is 24.3 Å². The molecule has 0 aromatic heterocycles. The van der Waals surface area contributed by atoms with Gasteiger partial charge in [0.05, 0.1) is 22.0 Å². The van der Waals surface area contributed by atoms with Crippen molar-refractivity contribution < 1.29 is 9.18 Å². The lowest BCUT2D eigenvalue weighted by Crippen LogP contribution is -2.14. The fraction of sp³-hybridized carbons (Fsp3) is 0.